The summed E-state index contributed by atoms with van der Waals surface area (Å²) < 4.78 is 5.58. The molecule has 0 radical (unpaired) electrons. The smallest absolute Gasteiger partial charge is 0.320 e. The maximum atomic E-state index is 11.0. The van der Waals surface area contributed by atoms with Gasteiger partial charge in [-0.3, -0.25) is 9.69 Å². The SMILES string of the molecule is O=C(O)[C@H]1CCCN1CCCOc1cccc(Cl)c1. The number of carboxylic acids is 1. The zero-order chi connectivity index (χ0) is 13.7. The predicted octanol–water partition coefficient (Wildman–Crippen LogP) is 2.66. The van der Waals surface area contributed by atoms with E-state index in [1.807, 2.05) is 17.0 Å². The highest BCUT2D eigenvalue weighted by atomic mass is 35.5. The molecule has 1 aliphatic heterocycles. The Morgan fingerprint density at radius 2 is 2.37 bits per heavy atom. The van der Waals surface area contributed by atoms with Crippen LogP contribution in [0.5, 0.6) is 5.75 Å². The van der Waals surface area contributed by atoms with Crippen LogP contribution in [-0.4, -0.2) is 41.7 Å². The van der Waals surface area contributed by atoms with E-state index >= 15 is 0 Å². The summed E-state index contributed by atoms with van der Waals surface area (Å²) >= 11 is 5.86. The molecule has 1 saturated heterocycles. The van der Waals surface area contributed by atoms with Crippen molar-refractivity contribution in [2.45, 2.75) is 25.3 Å². The molecule has 1 fully saturated rings. The molecule has 0 bridgehead atoms. The number of hydrogen-bond donors (Lipinski definition) is 1. The minimum Gasteiger partial charge on any atom is -0.493 e. The number of benzene rings is 1. The average molecular weight is 284 g/mol. The second-order valence-corrected chi connectivity index (χ2v) is 5.13. The van der Waals surface area contributed by atoms with Gasteiger partial charge in [-0.15, -0.1) is 0 Å². The second-order valence-electron chi connectivity index (χ2n) is 4.69. The van der Waals surface area contributed by atoms with Crippen LogP contribution in [0, 0.1) is 0 Å². The summed E-state index contributed by atoms with van der Waals surface area (Å²) in [7, 11) is 0. The van der Waals surface area contributed by atoms with Crippen molar-refractivity contribution < 1.29 is 14.6 Å². The maximum absolute atomic E-state index is 11.0. The lowest BCUT2D eigenvalue weighted by Gasteiger charge is -2.20. The Hall–Kier alpha value is -1.26. The van der Waals surface area contributed by atoms with Gasteiger partial charge in [0, 0.05) is 11.6 Å². The topological polar surface area (TPSA) is 49.8 Å². The molecule has 1 aromatic carbocycles. The molecule has 5 heteroatoms. The third kappa shape index (κ3) is 4.11. The zero-order valence-electron chi connectivity index (χ0n) is 10.7. The van der Waals surface area contributed by atoms with Gasteiger partial charge in [-0.1, -0.05) is 17.7 Å². The fraction of sp³-hybridized carbons (Fsp3) is 0.500. The summed E-state index contributed by atoms with van der Waals surface area (Å²) in [4.78, 5) is 13.0. The van der Waals surface area contributed by atoms with E-state index in [1.54, 1.807) is 12.1 Å². The highest BCUT2D eigenvalue weighted by Crippen LogP contribution is 2.19. The number of aliphatic carboxylic acids is 1. The van der Waals surface area contributed by atoms with Crippen molar-refractivity contribution in [3.63, 3.8) is 0 Å². The van der Waals surface area contributed by atoms with Crippen LogP contribution >= 0.6 is 11.6 Å². The zero-order valence-corrected chi connectivity index (χ0v) is 11.5. The number of halogens is 1. The molecule has 0 aliphatic carbocycles. The first-order valence-electron chi connectivity index (χ1n) is 6.52. The molecule has 0 spiro atoms. The number of nitrogens with zero attached hydrogens (tertiary/aromatic N) is 1. The lowest BCUT2D eigenvalue weighted by Crippen LogP contribution is -2.36. The number of carboxylic acid groups (broad SMARTS) is 1. The number of ether oxygens (including phenoxy) is 1. The minimum atomic E-state index is -0.715. The summed E-state index contributed by atoms with van der Waals surface area (Å²) in [5, 5.41) is 9.72. The van der Waals surface area contributed by atoms with E-state index < -0.39 is 5.97 Å². The van der Waals surface area contributed by atoms with Crippen LogP contribution in [0.15, 0.2) is 24.3 Å². The maximum Gasteiger partial charge on any atom is 0.320 e. The first-order chi connectivity index (χ1) is 9.16. The van der Waals surface area contributed by atoms with Gasteiger partial charge in [0.1, 0.15) is 11.8 Å². The van der Waals surface area contributed by atoms with E-state index in [2.05, 4.69) is 0 Å². The van der Waals surface area contributed by atoms with Gasteiger partial charge in [0.15, 0.2) is 0 Å². The van der Waals surface area contributed by atoms with Gasteiger partial charge in [0.05, 0.1) is 6.61 Å². The average Bonchev–Trinajstić information content (AvgIpc) is 2.83. The van der Waals surface area contributed by atoms with E-state index in [1.165, 1.54) is 0 Å². The fourth-order valence-electron chi connectivity index (χ4n) is 2.39. The normalized spacial score (nSPS) is 19.5. The van der Waals surface area contributed by atoms with Crippen molar-refractivity contribution in [1.29, 1.82) is 0 Å². The molecule has 104 valence electrons. The summed E-state index contributed by atoms with van der Waals surface area (Å²) in [6, 6.07) is 6.97. The van der Waals surface area contributed by atoms with Crippen LogP contribution in [0.3, 0.4) is 0 Å². The van der Waals surface area contributed by atoms with E-state index in [9.17, 15) is 4.79 Å². The lowest BCUT2D eigenvalue weighted by molar-refractivity contribution is -0.142. The first-order valence-corrected chi connectivity index (χ1v) is 6.90. The van der Waals surface area contributed by atoms with Gasteiger partial charge in [-0.2, -0.15) is 0 Å². The summed E-state index contributed by atoms with van der Waals surface area (Å²) in [6.45, 7) is 2.20. The van der Waals surface area contributed by atoms with Crippen LogP contribution in [0.25, 0.3) is 0 Å². The molecule has 0 unspecified atom stereocenters. The molecule has 4 nitrogen and oxygen atoms in total. The standard InChI is InChI=1S/C14H18ClNO3/c15-11-4-1-5-12(10-11)19-9-3-8-16-7-2-6-13(16)14(17)18/h1,4-5,10,13H,2-3,6-9H2,(H,17,18)/t13-/m1/s1. The first kappa shape index (κ1) is 14.2. The molecule has 0 saturated carbocycles. The largest absolute Gasteiger partial charge is 0.493 e. The molecular formula is C14H18ClNO3. The fourth-order valence-corrected chi connectivity index (χ4v) is 2.57. The molecule has 1 atom stereocenters. The molecule has 1 heterocycles. The van der Waals surface area contributed by atoms with Crippen molar-refractivity contribution >= 4 is 17.6 Å². The molecular weight excluding hydrogens is 266 g/mol. The molecule has 19 heavy (non-hydrogen) atoms. The van der Waals surface area contributed by atoms with Crippen LogP contribution in [0.4, 0.5) is 0 Å². The van der Waals surface area contributed by atoms with Crippen molar-refractivity contribution in [3.05, 3.63) is 29.3 Å². The molecule has 1 aliphatic rings. The molecule has 2 rings (SSSR count). The van der Waals surface area contributed by atoms with Gasteiger partial charge in [-0.05, 0) is 44.0 Å². The quantitative estimate of drug-likeness (QED) is 0.816. The third-order valence-corrected chi connectivity index (χ3v) is 3.54. The highest BCUT2D eigenvalue weighted by Gasteiger charge is 2.29. The number of hydrogen-bond acceptors (Lipinski definition) is 3. The molecule has 1 N–H and O–H groups in total. The highest BCUT2D eigenvalue weighted by molar-refractivity contribution is 6.30. The van der Waals surface area contributed by atoms with E-state index in [4.69, 9.17) is 21.4 Å². The van der Waals surface area contributed by atoms with Gasteiger partial charge < -0.3 is 9.84 Å². The van der Waals surface area contributed by atoms with Crippen LogP contribution in [0.1, 0.15) is 19.3 Å². The van der Waals surface area contributed by atoms with Crippen molar-refractivity contribution in [3.8, 4) is 5.75 Å². The molecule has 1 aromatic rings. The third-order valence-electron chi connectivity index (χ3n) is 3.30. The van der Waals surface area contributed by atoms with E-state index in [0.29, 0.717) is 11.6 Å². The second kappa shape index (κ2) is 6.78. The number of carbonyl (C=O) groups is 1. The van der Waals surface area contributed by atoms with Gasteiger partial charge in [0.2, 0.25) is 0 Å². The lowest BCUT2D eigenvalue weighted by atomic mass is 10.2. The van der Waals surface area contributed by atoms with Gasteiger partial charge in [-0.25, -0.2) is 0 Å². The summed E-state index contributed by atoms with van der Waals surface area (Å²) in [5.74, 6) is 0.0389. The van der Waals surface area contributed by atoms with Crippen molar-refractivity contribution in [2.75, 3.05) is 19.7 Å². The van der Waals surface area contributed by atoms with Crippen LogP contribution < -0.4 is 4.74 Å². The minimum absolute atomic E-state index is 0.314. The molecule has 0 amide bonds. The van der Waals surface area contributed by atoms with E-state index in [-0.39, 0.29) is 6.04 Å². The Morgan fingerprint density at radius 1 is 1.53 bits per heavy atom. The van der Waals surface area contributed by atoms with Crippen molar-refractivity contribution in [1.82, 2.24) is 4.90 Å². The number of rotatable bonds is 6. The van der Waals surface area contributed by atoms with Crippen LogP contribution in [-0.2, 0) is 4.79 Å². The molecule has 0 aromatic heterocycles. The monoisotopic (exact) mass is 283 g/mol. The van der Waals surface area contributed by atoms with Crippen molar-refractivity contribution in [2.24, 2.45) is 0 Å². The summed E-state index contributed by atoms with van der Waals surface area (Å²) in [6.07, 6.45) is 2.53. The Balaban J connectivity index is 1.71. The Bertz CT molecular complexity index is 438. The Kier molecular flexibility index (Phi) is 5.05. The Morgan fingerprint density at radius 3 is 3.11 bits per heavy atom. The van der Waals surface area contributed by atoms with Gasteiger partial charge >= 0.3 is 5.97 Å². The van der Waals surface area contributed by atoms with Gasteiger partial charge in [0.25, 0.3) is 0 Å². The van der Waals surface area contributed by atoms with E-state index in [0.717, 1.165) is 38.1 Å². The summed E-state index contributed by atoms with van der Waals surface area (Å²) in [5.41, 5.74) is 0. The Labute approximate surface area is 117 Å². The van der Waals surface area contributed by atoms with Crippen LogP contribution in [0.2, 0.25) is 5.02 Å². The predicted molar refractivity (Wildman–Crippen MR) is 73.8 cm³/mol. The number of likely N-dealkylation sites (tertiary alicyclic amines) is 1.